The standard InChI is InChI=1S/C14H21NO/c1-11-6-7-14-13(9-11)5-4-8-15(14)12(2)10-16-3/h6-7,9,12H,4-5,8,10H2,1-3H3. The van der Waals surface area contributed by atoms with Gasteiger partial charge in [-0.05, 0) is 38.3 Å². The zero-order valence-corrected chi connectivity index (χ0v) is 10.5. The van der Waals surface area contributed by atoms with Gasteiger partial charge in [0, 0.05) is 25.4 Å². The van der Waals surface area contributed by atoms with Gasteiger partial charge in [-0.25, -0.2) is 0 Å². The average Bonchev–Trinajstić information content (AvgIpc) is 2.28. The van der Waals surface area contributed by atoms with Crippen molar-refractivity contribution in [1.82, 2.24) is 0 Å². The van der Waals surface area contributed by atoms with Crippen LogP contribution >= 0.6 is 0 Å². The van der Waals surface area contributed by atoms with Crippen LogP contribution in [0.3, 0.4) is 0 Å². The number of benzene rings is 1. The van der Waals surface area contributed by atoms with Crippen molar-refractivity contribution in [3.05, 3.63) is 29.3 Å². The quantitative estimate of drug-likeness (QED) is 0.775. The molecule has 1 heterocycles. The van der Waals surface area contributed by atoms with E-state index >= 15 is 0 Å². The predicted molar refractivity (Wildman–Crippen MR) is 68.2 cm³/mol. The molecule has 16 heavy (non-hydrogen) atoms. The van der Waals surface area contributed by atoms with Crippen LogP contribution < -0.4 is 4.90 Å². The molecule has 1 aromatic rings. The minimum atomic E-state index is 0.465. The first-order chi connectivity index (χ1) is 7.72. The molecule has 1 aliphatic heterocycles. The summed E-state index contributed by atoms with van der Waals surface area (Å²) in [5.41, 5.74) is 4.26. The van der Waals surface area contributed by atoms with E-state index in [1.54, 1.807) is 7.11 Å². The number of hydrogen-bond acceptors (Lipinski definition) is 2. The second-order valence-electron chi connectivity index (χ2n) is 4.73. The van der Waals surface area contributed by atoms with Crippen LogP contribution in [0, 0.1) is 6.92 Å². The summed E-state index contributed by atoms with van der Waals surface area (Å²) in [6.07, 6.45) is 2.47. The smallest absolute Gasteiger partial charge is 0.0663 e. The average molecular weight is 219 g/mol. The van der Waals surface area contributed by atoms with Gasteiger partial charge in [0.25, 0.3) is 0 Å². The molecule has 2 heteroatoms. The Morgan fingerprint density at radius 3 is 3.00 bits per heavy atom. The topological polar surface area (TPSA) is 12.5 Å². The second kappa shape index (κ2) is 4.88. The summed E-state index contributed by atoms with van der Waals surface area (Å²) in [5, 5.41) is 0. The fraction of sp³-hybridized carbons (Fsp3) is 0.571. The van der Waals surface area contributed by atoms with Gasteiger partial charge in [-0.1, -0.05) is 17.7 Å². The molecule has 0 radical (unpaired) electrons. The maximum absolute atomic E-state index is 5.25. The molecule has 0 saturated carbocycles. The third-order valence-corrected chi connectivity index (χ3v) is 3.33. The van der Waals surface area contributed by atoms with Gasteiger partial charge in [0.2, 0.25) is 0 Å². The molecule has 0 aromatic heterocycles. The fourth-order valence-electron chi connectivity index (χ4n) is 2.54. The van der Waals surface area contributed by atoms with Crippen molar-refractivity contribution >= 4 is 5.69 Å². The zero-order valence-electron chi connectivity index (χ0n) is 10.5. The third kappa shape index (κ3) is 2.22. The number of nitrogens with zero attached hydrogens (tertiary/aromatic N) is 1. The molecule has 0 amide bonds. The Morgan fingerprint density at radius 2 is 2.25 bits per heavy atom. The van der Waals surface area contributed by atoms with E-state index in [1.165, 1.54) is 29.7 Å². The van der Waals surface area contributed by atoms with E-state index in [1.807, 2.05) is 0 Å². The summed E-state index contributed by atoms with van der Waals surface area (Å²) in [7, 11) is 1.77. The molecule has 0 aliphatic carbocycles. The van der Waals surface area contributed by atoms with Gasteiger partial charge >= 0.3 is 0 Å². The highest BCUT2D eigenvalue weighted by Crippen LogP contribution is 2.29. The Kier molecular flexibility index (Phi) is 3.49. The van der Waals surface area contributed by atoms with E-state index < -0.39 is 0 Å². The van der Waals surface area contributed by atoms with Crippen LogP contribution in [0.5, 0.6) is 0 Å². The van der Waals surface area contributed by atoms with Crippen LogP contribution in [0.15, 0.2) is 18.2 Å². The molecular weight excluding hydrogens is 198 g/mol. The van der Waals surface area contributed by atoms with E-state index in [0.29, 0.717) is 6.04 Å². The highest BCUT2D eigenvalue weighted by Gasteiger charge is 2.20. The highest BCUT2D eigenvalue weighted by atomic mass is 16.5. The molecule has 1 unspecified atom stereocenters. The van der Waals surface area contributed by atoms with Crippen molar-refractivity contribution in [3.63, 3.8) is 0 Å². The van der Waals surface area contributed by atoms with E-state index in [-0.39, 0.29) is 0 Å². The molecule has 0 N–H and O–H groups in total. The van der Waals surface area contributed by atoms with E-state index in [0.717, 1.165) is 13.2 Å². The van der Waals surface area contributed by atoms with E-state index in [9.17, 15) is 0 Å². The minimum Gasteiger partial charge on any atom is -0.383 e. The van der Waals surface area contributed by atoms with Gasteiger partial charge in [0.15, 0.2) is 0 Å². The van der Waals surface area contributed by atoms with Crippen molar-refractivity contribution in [2.24, 2.45) is 0 Å². The molecule has 1 aromatic carbocycles. The van der Waals surface area contributed by atoms with Crippen molar-refractivity contribution in [2.75, 3.05) is 25.2 Å². The Balaban J connectivity index is 2.25. The van der Waals surface area contributed by atoms with Gasteiger partial charge in [-0.2, -0.15) is 0 Å². The van der Waals surface area contributed by atoms with Crippen LogP contribution in [0.2, 0.25) is 0 Å². The van der Waals surface area contributed by atoms with Gasteiger partial charge in [-0.3, -0.25) is 0 Å². The Labute approximate surface area is 98.2 Å². The fourth-order valence-corrected chi connectivity index (χ4v) is 2.54. The summed E-state index contributed by atoms with van der Waals surface area (Å²) in [5.74, 6) is 0. The number of aryl methyl sites for hydroxylation is 2. The SMILES string of the molecule is COCC(C)N1CCCc2cc(C)ccc21. The lowest BCUT2D eigenvalue weighted by Crippen LogP contribution is -2.39. The van der Waals surface area contributed by atoms with Crippen LogP contribution in [-0.4, -0.2) is 26.3 Å². The number of ether oxygens (including phenoxy) is 1. The molecule has 2 rings (SSSR count). The van der Waals surface area contributed by atoms with Crippen LogP contribution in [-0.2, 0) is 11.2 Å². The molecule has 0 spiro atoms. The normalized spacial score (nSPS) is 17.1. The molecule has 1 aliphatic rings. The lowest BCUT2D eigenvalue weighted by molar-refractivity contribution is 0.181. The van der Waals surface area contributed by atoms with Gasteiger partial charge in [-0.15, -0.1) is 0 Å². The maximum Gasteiger partial charge on any atom is 0.0663 e. The Morgan fingerprint density at radius 1 is 1.44 bits per heavy atom. The molecule has 0 fully saturated rings. The first-order valence-electron chi connectivity index (χ1n) is 6.07. The molecule has 88 valence electrons. The number of hydrogen-bond donors (Lipinski definition) is 0. The summed E-state index contributed by atoms with van der Waals surface area (Å²) in [6.45, 7) is 6.35. The molecule has 1 atom stereocenters. The summed E-state index contributed by atoms with van der Waals surface area (Å²) >= 11 is 0. The summed E-state index contributed by atoms with van der Waals surface area (Å²) in [6, 6.07) is 7.25. The largest absolute Gasteiger partial charge is 0.383 e. The molecular formula is C14H21NO. The number of rotatable bonds is 3. The monoisotopic (exact) mass is 219 g/mol. The first-order valence-corrected chi connectivity index (χ1v) is 6.07. The third-order valence-electron chi connectivity index (χ3n) is 3.33. The number of methoxy groups -OCH3 is 1. The van der Waals surface area contributed by atoms with Gasteiger partial charge < -0.3 is 9.64 Å². The van der Waals surface area contributed by atoms with Gasteiger partial charge in [0.1, 0.15) is 0 Å². The predicted octanol–water partition coefficient (Wildman–Crippen LogP) is 2.78. The number of anilines is 1. The summed E-state index contributed by atoms with van der Waals surface area (Å²) < 4.78 is 5.25. The molecule has 0 bridgehead atoms. The van der Waals surface area contributed by atoms with Crippen molar-refractivity contribution in [1.29, 1.82) is 0 Å². The lowest BCUT2D eigenvalue weighted by atomic mass is 9.98. The maximum atomic E-state index is 5.25. The van der Waals surface area contributed by atoms with Crippen LogP contribution in [0.1, 0.15) is 24.5 Å². The highest BCUT2D eigenvalue weighted by molar-refractivity contribution is 5.57. The number of fused-ring (bicyclic) bond motifs is 1. The zero-order chi connectivity index (χ0) is 11.5. The van der Waals surface area contributed by atoms with E-state index in [2.05, 4.69) is 36.9 Å². The molecule has 0 saturated heterocycles. The minimum absolute atomic E-state index is 0.465. The van der Waals surface area contributed by atoms with Crippen LogP contribution in [0.25, 0.3) is 0 Å². The van der Waals surface area contributed by atoms with Crippen LogP contribution in [0.4, 0.5) is 5.69 Å². The van der Waals surface area contributed by atoms with Crippen molar-refractivity contribution in [2.45, 2.75) is 32.7 Å². The lowest BCUT2D eigenvalue weighted by Gasteiger charge is -2.36. The van der Waals surface area contributed by atoms with Crippen molar-refractivity contribution in [3.8, 4) is 0 Å². The van der Waals surface area contributed by atoms with Gasteiger partial charge in [0.05, 0.1) is 6.61 Å². The Bertz CT molecular complexity index is 362. The van der Waals surface area contributed by atoms with E-state index in [4.69, 9.17) is 4.74 Å². The van der Waals surface area contributed by atoms with Crippen molar-refractivity contribution < 1.29 is 4.74 Å². The Hall–Kier alpha value is -1.02. The molecule has 2 nitrogen and oxygen atoms in total. The first kappa shape index (κ1) is 11.5. The summed E-state index contributed by atoms with van der Waals surface area (Å²) in [4.78, 5) is 2.47. The second-order valence-corrected chi connectivity index (χ2v) is 4.73.